The Morgan fingerprint density at radius 2 is 1.26 bits per heavy atom. The number of hydrogen-bond acceptors (Lipinski definition) is 4. The van der Waals surface area contributed by atoms with E-state index in [1.807, 2.05) is 18.3 Å². The molecule has 0 bridgehead atoms. The molecule has 0 radical (unpaired) electrons. The number of fused-ring (bicyclic) bond motifs is 7. The summed E-state index contributed by atoms with van der Waals surface area (Å²) in [4.78, 5) is 8.39. The van der Waals surface area contributed by atoms with Gasteiger partial charge in [0.15, 0.2) is 0 Å². The summed E-state index contributed by atoms with van der Waals surface area (Å²) >= 11 is 1.75. The van der Waals surface area contributed by atoms with Crippen LogP contribution in [0.4, 0.5) is 17.1 Å². The quantitative estimate of drug-likeness (QED) is 0.211. The highest BCUT2D eigenvalue weighted by Crippen LogP contribution is 2.45. The molecule has 9 rings (SSSR count). The molecule has 0 amide bonds. The van der Waals surface area contributed by atoms with Crippen LogP contribution in [0.15, 0.2) is 150 Å². The topological polar surface area (TPSA) is 29.3 Å². The standard InChI is InChI=1S/C39H24N2OS/c1-2-9-25(10-3-1)26-17-19-29(20-18-26)41(34-14-8-16-36-38(34)31-13-6-7-15-35(31)42-36)30-23-33-32-21-27-11-4-5-12-28(27)22-37(32)43-39(33)40-24-30/h1-24H. The van der Waals surface area contributed by atoms with Crippen LogP contribution in [0, 0.1) is 0 Å². The van der Waals surface area contributed by atoms with E-state index in [1.165, 1.54) is 37.4 Å². The van der Waals surface area contributed by atoms with Gasteiger partial charge in [-0.25, -0.2) is 4.98 Å². The van der Waals surface area contributed by atoms with Crippen LogP contribution in [0.1, 0.15) is 0 Å². The maximum atomic E-state index is 6.31. The van der Waals surface area contributed by atoms with Gasteiger partial charge in [0.2, 0.25) is 0 Å². The van der Waals surface area contributed by atoms with Crippen molar-refractivity contribution in [3.05, 3.63) is 146 Å². The van der Waals surface area contributed by atoms with E-state index in [1.54, 1.807) is 11.3 Å². The molecule has 4 heteroatoms. The van der Waals surface area contributed by atoms with Crippen LogP contribution < -0.4 is 4.90 Å². The Kier molecular flexibility index (Phi) is 5.37. The van der Waals surface area contributed by atoms with Crippen molar-refractivity contribution in [3.63, 3.8) is 0 Å². The van der Waals surface area contributed by atoms with E-state index in [4.69, 9.17) is 9.40 Å². The molecule has 0 unspecified atom stereocenters. The lowest BCUT2D eigenvalue weighted by Crippen LogP contribution is -2.10. The molecular weight excluding hydrogens is 545 g/mol. The molecule has 0 fully saturated rings. The normalized spacial score (nSPS) is 11.7. The van der Waals surface area contributed by atoms with Crippen molar-refractivity contribution in [2.75, 3.05) is 4.90 Å². The van der Waals surface area contributed by atoms with Crippen LogP contribution in [0.25, 0.3) is 64.1 Å². The summed E-state index contributed by atoms with van der Waals surface area (Å²) in [5, 5.41) is 7.08. The molecule has 0 aliphatic carbocycles. The fraction of sp³-hybridized carbons (Fsp3) is 0. The van der Waals surface area contributed by atoms with Gasteiger partial charge in [-0.1, -0.05) is 91.0 Å². The molecule has 202 valence electrons. The van der Waals surface area contributed by atoms with Gasteiger partial charge in [-0.3, -0.25) is 0 Å². The van der Waals surface area contributed by atoms with Crippen molar-refractivity contribution in [1.82, 2.24) is 4.98 Å². The summed E-state index contributed by atoms with van der Waals surface area (Å²) in [6, 6.07) is 49.3. The lowest BCUT2D eigenvalue weighted by molar-refractivity contribution is 0.669. The van der Waals surface area contributed by atoms with Crippen LogP contribution in [0.3, 0.4) is 0 Å². The van der Waals surface area contributed by atoms with Crippen LogP contribution in [-0.4, -0.2) is 4.98 Å². The van der Waals surface area contributed by atoms with Crippen molar-refractivity contribution in [2.24, 2.45) is 0 Å². The van der Waals surface area contributed by atoms with E-state index in [2.05, 4.69) is 132 Å². The predicted octanol–water partition coefficient (Wildman–Crippen LogP) is 11.6. The molecule has 9 aromatic rings. The Morgan fingerprint density at radius 1 is 0.535 bits per heavy atom. The first-order valence-corrected chi connectivity index (χ1v) is 15.2. The highest BCUT2D eigenvalue weighted by Gasteiger charge is 2.21. The zero-order valence-corrected chi connectivity index (χ0v) is 23.9. The molecule has 0 N–H and O–H groups in total. The van der Waals surface area contributed by atoms with Gasteiger partial charge in [-0.05, 0) is 70.4 Å². The third-order valence-electron chi connectivity index (χ3n) is 8.29. The Balaban J connectivity index is 1.29. The minimum atomic E-state index is 0.867. The van der Waals surface area contributed by atoms with Gasteiger partial charge in [-0.2, -0.15) is 0 Å². The van der Waals surface area contributed by atoms with Gasteiger partial charge in [0, 0.05) is 26.5 Å². The largest absolute Gasteiger partial charge is 0.456 e. The minimum Gasteiger partial charge on any atom is -0.456 e. The number of hydrogen-bond donors (Lipinski definition) is 0. The number of furan rings is 1. The maximum absolute atomic E-state index is 6.31. The van der Waals surface area contributed by atoms with Gasteiger partial charge >= 0.3 is 0 Å². The van der Waals surface area contributed by atoms with Crippen molar-refractivity contribution in [1.29, 1.82) is 0 Å². The molecule has 0 aliphatic rings. The molecule has 43 heavy (non-hydrogen) atoms. The smallest absolute Gasteiger partial charge is 0.137 e. The molecule has 6 aromatic carbocycles. The zero-order valence-electron chi connectivity index (χ0n) is 23.1. The third-order valence-corrected chi connectivity index (χ3v) is 9.37. The first-order chi connectivity index (χ1) is 21.3. The number of rotatable bonds is 4. The number of nitrogens with zero attached hydrogens (tertiary/aromatic N) is 2. The molecule has 0 saturated carbocycles. The van der Waals surface area contributed by atoms with E-state index in [0.717, 1.165) is 43.8 Å². The Bertz CT molecular complexity index is 2460. The summed E-state index contributed by atoms with van der Waals surface area (Å²) < 4.78 is 7.56. The molecule has 0 atom stereocenters. The Labute approximate surface area is 251 Å². The molecular formula is C39H24N2OS. The average molecular weight is 569 g/mol. The highest BCUT2D eigenvalue weighted by atomic mass is 32.1. The van der Waals surface area contributed by atoms with Crippen LogP contribution in [-0.2, 0) is 0 Å². The van der Waals surface area contributed by atoms with Gasteiger partial charge in [-0.15, -0.1) is 11.3 Å². The van der Waals surface area contributed by atoms with Crippen molar-refractivity contribution < 1.29 is 4.42 Å². The summed E-state index contributed by atoms with van der Waals surface area (Å²) in [5.41, 5.74) is 7.25. The molecule has 0 spiro atoms. The van der Waals surface area contributed by atoms with Gasteiger partial charge in [0.1, 0.15) is 16.0 Å². The van der Waals surface area contributed by atoms with E-state index >= 15 is 0 Å². The molecule has 0 aliphatic heterocycles. The van der Waals surface area contributed by atoms with Crippen LogP contribution in [0.5, 0.6) is 0 Å². The zero-order chi connectivity index (χ0) is 28.3. The van der Waals surface area contributed by atoms with E-state index in [0.29, 0.717) is 0 Å². The molecule has 3 nitrogen and oxygen atoms in total. The SMILES string of the molecule is c1ccc(-c2ccc(N(c3cnc4sc5cc6ccccc6cc5c4c3)c3cccc4oc5ccccc5c34)cc2)cc1. The first-order valence-electron chi connectivity index (χ1n) is 14.4. The Morgan fingerprint density at radius 3 is 2.12 bits per heavy atom. The van der Waals surface area contributed by atoms with Crippen molar-refractivity contribution >= 4 is 81.4 Å². The second kappa shape index (κ2) is 9.55. The van der Waals surface area contributed by atoms with Crippen molar-refractivity contribution in [2.45, 2.75) is 0 Å². The third kappa shape index (κ3) is 3.92. The second-order valence-electron chi connectivity index (χ2n) is 10.8. The average Bonchev–Trinajstić information content (AvgIpc) is 3.62. The van der Waals surface area contributed by atoms with E-state index in [-0.39, 0.29) is 0 Å². The van der Waals surface area contributed by atoms with E-state index in [9.17, 15) is 0 Å². The first kappa shape index (κ1) is 24.2. The fourth-order valence-electron chi connectivity index (χ4n) is 6.26. The lowest BCUT2D eigenvalue weighted by Gasteiger charge is -2.26. The number of aromatic nitrogens is 1. The summed E-state index contributed by atoms with van der Waals surface area (Å²) in [5.74, 6) is 0. The monoisotopic (exact) mass is 568 g/mol. The predicted molar refractivity (Wildman–Crippen MR) is 182 cm³/mol. The van der Waals surface area contributed by atoms with Crippen LogP contribution in [0.2, 0.25) is 0 Å². The number of para-hydroxylation sites is 1. The number of anilines is 3. The number of pyridine rings is 1. The summed E-state index contributed by atoms with van der Waals surface area (Å²) in [7, 11) is 0. The second-order valence-corrected chi connectivity index (χ2v) is 11.9. The lowest BCUT2D eigenvalue weighted by atomic mass is 10.0. The van der Waals surface area contributed by atoms with Gasteiger partial charge in [0.05, 0.1) is 23.0 Å². The number of thiophene rings is 1. The number of benzene rings is 6. The van der Waals surface area contributed by atoms with E-state index < -0.39 is 0 Å². The molecule has 3 aromatic heterocycles. The molecule has 3 heterocycles. The van der Waals surface area contributed by atoms with Gasteiger partial charge in [0.25, 0.3) is 0 Å². The summed E-state index contributed by atoms with van der Waals surface area (Å²) in [6.45, 7) is 0. The van der Waals surface area contributed by atoms with Crippen LogP contribution >= 0.6 is 11.3 Å². The molecule has 0 saturated heterocycles. The Hall–Kier alpha value is -5.45. The summed E-state index contributed by atoms with van der Waals surface area (Å²) in [6.07, 6.45) is 2.00. The maximum Gasteiger partial charge on any atom is 0.137 e. The fourth-order valence-corrected chi connectivity index (χ4v) is 7.32. The highest BCUT2D eigenvalue weighted by molar-refractivity contribution is 7.25. The van der Waals surface area contributed by atoms with Crippen molar-refractivity contribution in [3.8, 4) is 11.1 Å². The minimum absolute atomic E-state index is 0.867. The van der Waals surface area contributed by atoms with Gasteiger partial charge < -0.3 is 9.32 Å².